The van der Waals surface area contributed by atoms with E-state index in [1.807, 2.05) is 6.92 Å². The van der Waals surface area contributed by atoms with Crippen molar-refractivity contribution in [2.45, 2.75) is 6.92 Å². The van der Waals surface area contributed by atoms with E-state index >= 15 is 0 Å². The fourth-order valence-corrected chi connectivity index (χ4v) is 1.33. The van der Waals surface area contributed by atoms with Gasteiger partial charge < -0.3 is 10.6 Å². The molecule has 8 heteroatoms. The number of amides is 1. The molecule has 0 aliphatic carbocycles. The van der Waals surface area contributed by atoms with Crippen LogP contribution in [0.2, 0.25) is 10.4 Å². The van der Waals surface area contributed by atoms with E-state index in [4.69, 9.17) is 28.9 Å². The van der Waals surface area contributed by atoms with Gasteiger partial charge in [0, 0.05) is 6.54 Å². The minimum absolute atomic E-state index is 0.00520. The van der Waals surface area contributed by atoms with Crippen molar-refractivity contribution in [3.63, 3.8) is 0 Å². The van der Waals surface area contributed by atoms with Gasteiger partial charge in [0.25, 0.3) is 0 Å². The molecule has 0 aliphatic rings. The van der Waals surface area contributed by atoms with E-state index < -0.39 is 5.91 Å². The first kappa shape index (κ1) is 11.9. The highest BCUT2D eigenvalue weighted by molar-refractivity contribution is 6.32. The molecule has 0 aromatic carbocycles. The largest absolute Gasteiger partial charge is 0.368 e. The van der Waals surface area contributed by atoms with Gasteiger partial charge in [-0.25, -0.2) is 0 Å². The Bertz CT molecular complexity index is 372. The fourth-order valence-electron chi connectivity index (χ4n) is 1.01. The zero-order valence-corrected chi connectivity index (χ0v) is 9.46. The third-order valence-electron chi connectivity index (χ3n) is 1.63. The van der Waals surface area contributed by atoms with Crippen molar-refractivity contribution in [3.8, 4) is 0 Å². The molecule has 0 saturated heterocycles. The SMILES string of the molecule is CCN(CC(N)=O)c1nc(Cl)nnc1Cl. The lowest BCUT2D eigenvalue weighted by Gasteiger charge is -2.19. The number of halogens is 2. The standard InChI is InChI=1S/C7H9Cl2N5O/c1-2-14(3-4(10)15)6-5(8)12-13-7(9)11-6/h2-3H2,1H3,(H2,10,15). The molecule has 15 heavy (non-hydrogen) atoms. The van der Waals surface area contributed by atoms with Crippen LogP contribution in [0.5, 0.6) is 0 Å². The predicted octanol–water partition coefficient (Wildman–Crippen LogP) is 0.490. The van der Waals surface area contributed by atoms with Gasteiger partial charge in [-0.15, -0.1) is 10.2 Å². The zero-order valence-electron chi connectivity index (χ0n) is 7.94. The monoisotopic (exact) mass is 249 g/mol. The molecule has 0 fully saturated rings. The van der Waals surface area contributed by atoms with Crippen LogP contribution in [0.15, 0.2) is 0 Å². The minimum atomic E-state index is -0.484. The second-order valence-electron chi connectivity index (χ2n) is 2.68. The van der Waals surface area contributed by atoms with Crippen LogP contribution < -0.4 is 10.6 Å². The first-order valence-electron chi connectivity index (χ1n) is 4.13. The van der Waals surface area contributed by atoms with Crippen molar-refractivity contribution in [1.29, 1.82) is 0 Å². The van der Waals surface area contributed by atoms with Gasteiger partial charge in [-0.1, -0.05) is 11.6 Å². The minimum Gasteiger partial charge on any atom is -0.368 e. The van der Waals surface area contributed by atoms with E-state index in [9.17, 15) is 4.79 Å². The van der Waals surface area contributed by atoms with Gasteiger partial charge in [-0.2, -0.15) is 4.98 Å². The van der Waals surface area contributed by atoms with E-state index in [0.717, 1.165) is 0 Å². The number of anilines is 1. The van der Waals surface area contributed by atoms with Gasteiger partial charge in [-0.05, 0) is 18.5 Å². The van der Waals surface area contributed by atoms with Gasteiger partial charge in [0.15, 0.2) is 11.0 Å². The molecule has 6 nitrogen and oxygen atoms in total. The molecule has 0 saturated carbocycles. The summed E-state index contributed by atoms with van der Waals surface area (Å²) in [4.78, 5) is 16.2. The second-order valence-corrected chi connectivity index (χ2v) is 3.37. The van der Waals surface area contributed by atoms with Crippen molar-refractivity contribution in [3.05, 3.63) is 10.4 Å². The number of carbonyl (C=O) groups is 1. The van der Waals surface area contributed by atoms with E-state index in [1.165, 1.54) is 0 Å². The highest BCUT2D eigenvalue weighted by Crippen LogP contribution is 2.20. The van der Waals surface area contributed by atoms with Crippen LogP contribution in [-0.2, 0) is 4.79 Å². The number of nitrogens with two attached hydrogens (primary N) is 1. The van der Waals surface area contributed by atoms with E-state index in [1.54, 1.807) is 4.90 Å². The first-order chi connectivity index (χ1) is 7.04. The smallest absolute Gasteiger partial charge is 0.245 e. The third-order valence-corrected chi connectivity index (χ3v) is 2.04. The average molecular weight is 250 g/mol. The third kappa shape index (κ3) is 3.17. The molecule has 1 aromatic heterocycles. The Morgan fingerprint density at radius 2 is 2.13 bits per heavy atom. The summed E-state index contributed by atoms with van der Waals surface area (Å²) in [5.74, 6) is -0.180. The van der Waals surface area contributed by atoms with Gasteiger partial charge in [0.05, 0.1) is 6.54 Å². The van der Waals surface area contributed by atoms with Gasteiger partial charge in [0.1, 0.15) is 0 Å². The number of carbonyl (C=O) groups excluding carboxylic acids is 1. The second kappa shape index (κ2) is 5.09. The molecule has 1 amide bonds. The lowest BCUT2D eigenvalue weighted by Crippen LogP contribution is -2.34. The molecule has 1 rings (SSSR count). The van der Waals surface area contributed by atoms with Crippen molar-refractivity contribution in [2.75, 3.05) is 18.0 Å². The maximum absolute atomic E-state index is 10.8. The molecule has 0 unspecified atom stereocenters. The molecule has 1 aromatic rings. The van der Waals surface area contributed by atoms with Crippen LogP contribution in [0.3, 0.4) is 0 Å². The normalized spacial score (nSPS) is 10.1. The Kier molecular flexibility index (Phi) is 4.05. The van der Waals surface area contributed by atoms with Crippen molar-refractivity contribution < 1.29 is 4.79 Å². The number of nitrogens with zero attached hydrogens (tertiary/aromatic N) is 4. The molecule has 0 bridgehead atoms. The van der Waals surface area contributed by atoms with Crippen LogP contribution in [0, 0.1) is 0 Å². The highest BCUT2D eigenvalue weighted by atomic mass is 35.5. The van der Waals surface area contributed by atoms with E-state index in [2.05, 4.69) is 15.2 Å². The Hall–Kier alpha value is -1.14. The molecular weight excluding hydrogens is 241 g/mol. The summed E-state index contributed by atoms with van der Waals surface area (Å²) in [6.07, 6.45) is 0. The maximum Gasteiger partial charge on any atom is 0.245 e. The van der Waals surface area contributed by atoms with Crippen molar-refractivity contribution >= 4 is 34.9 Å². The lowest BCUT2D eigenvalue weighted by molar-refractivity contribution is -0.116. The number of hydrogen-bond acceptors (Lipinski definition) is 5. The number of aromatic nitrogens is 3. The summed E-state index contributed by atoms with van der Waals surface area (Å²) >= 11 is 11.3. The van der Waals surface area contributed by atoms with Crippen LogP contribution in [0.1, 0.15) is 6.92 Å². The summed E-state index contributed by atoms with van der Waals surface area (Å²) in [6, 6.07) is 0. The van der Waals surface area contributed by atoms with Gasteiger partial charge >= 0.3 is 0 Å². The van der Waals surface area contributed by atoms with E-state index in [-0.39, 0.29) is 17.0 Å². The van der Waals surface area contributed by atoms with Crippen molar-refractivity contribution in [1.82, 2.24) is 15.2 Å². The molecule has 0 aliphatic heterocycles. The molecular formula is C7H9Cl2N5O. The Labute approximate surface area is 96.4 Å². The number of likely N-dealkylation sites (N-methyl/N-ethyl adjacent to an activating group) is 1. The number of rotatable bonds is 4. The van der Waals surface area contributed by atoms with Gasteiger partial charge in [0.2, 0.25) is 11.2 Å². The topological polar surface area (TPSA) is 85.0 Å². The van der Waals surface area contributed by atoms with Crippen molar-refractivity contribution in [2.24, 2.45) is 5.73 Å². The first-order valence-corrected chi connectivity index (χ1v) is 4.89. The number of primary amides is 1. The highest BCUT2D eigenvalue weighted by Gasteiger charge is 2.14. The fraction of sp³-hybridized carbons (Fsp3) is 0.429. The summed E-state index contributed by atoms with van der Waals surface area (Å²) in [5, 5.41) is 7.10. The van der Waals surface area contributed by atoms with Crippen LogP contribution in [0.25, 0.3) is 0 Å². The summed E-state index contributed by atoms with van der Waals surface area (Å²) < 4.78 is 0. The van der Waals surface area contributed by atoms with Crippen LogP contribution in [0.4, 0.5) is 5.82 Å². The van der Waals surface area contributed by atoms with E-state index in [0.29, 0.717) is 12.4 Å². The van der Waals surface area contributed by atoms with Crippen LogP contribution >= 0.6 is 23.2 Å². The Morgan fingerprint density at radius 1 is 1.47 bits per heavy atom. The molecule has 2 N–H and O–H groups in total. The predicted molar refractivity (Wildman–Crippen MR) is 56.9 cm³/mol. The molecule has 0 atom stereocenters. The molecule has 0 spiro atoms. The molecule has 1 heterocycles. The summed E-state index contributed by atoms with van der Waals surface area (Å²) in [5.41, 5.74) is 5.07. The lowest BCUT2D eigenvalue weighted by atomic mass is 10.4. The Morgan fingerprint density at radius 3 is 2.67 bits per heavy atom. The van der Waals surface area contributed by atoms with Gasteiger partial charge in [-0.3, -0.25) is 4.79 Å². The quantitative estimate of drug-likeness (QED) is 0.840. The van der Waals surface area contributed by atoms with Crippen LogP contribution in [-0.4, -0.2) is 34.2 Å². The average Bonchev–Trinajstić information content (AvgIpc) is 2.18. The zero-order chi connectivity index (χ0) is 11.4. The summed E-state index contributed by atoms with van der Waals surface area (Å²) in [7, 11) is 0. The molecule has 82 valence electrons. The maximum atomic E-state index is 10.8. The molecule has 0 radical (unpaired) electrons. The summed E-state index contributed by atoms with van der Waals surface area (Å²) in [6.45, 7) is 2.35. The number of hydrogen-bond donors (Lipinski definition) is 1. The Balaban J connectivity index is 3.00.